The van der Waals surface area contributed by atoms with Crippen molar-refractivity contribution in [2.45, 2.75) is 44.4 Å². The molecule has 2 saturated heterocycles. The number of rotatable bonds is 4. The first-order valence-electron chi connectivity index (χ1n) is 8.79. The van der Waals surface area contributed by atoms with Gasteiger partial charge >= 0.3 is 0 Å². The molecule has 1 unspecified atom stereocenters. The smallest absolute Gasteiger partial charge is 0.125 e. The number of aromatic amines is 1. The lowest BCUT2D eigenvalue weighted by Gasteiger charge is -2.38. The Balaban J connectivity index is 1.30. The van der Waals surface area contributed by atoms with Crippen molar-refractivity contribution in [3.8, 4) is 5.75 Å². The van der Waals surface area contributed by atoms with Crippen LogP contribution in [0.15, 0.2) is 36.7 Å². The molecule has 0 aliphatic carbocycles. The molecule has 1 N–H and O–H groups in total. The predicted octanol–water partition coefficient (Wildman–Crippen LogP) is 2.92. The summed E-state index contributed by atoms with van der Waals surface area (Å²) in [6.45, 7) is 5.83. The summed E-state index contributed by atoms with van der Waals surface area (Å²) in [6, 6.07) is 10.1. The second-order valence-electron chi connectivity index (χ2n) is 7.00. The largest absolute Gasteiger partial charge is 0.488 e. The Bertz CT molecular complexity index is 662. The Kier molecular flexibility index (Phi) is 4.29. The molecule has 1 spiro atoms. The molecule has 2 aliphatic rings. The number of imidazole rings is 1. The summed E-state index contributed by atoms with van der Waals surface area (Å²) < 4.78 is 12.3. The summed E-state index contributed by atoms with van der Waals surface area (Å²) in [7, 11) is 0. The van der Waals surface area contributed by atoms with Gasteiger partial charge in [-0.25, -0.2) is 4.98 Å². The minimum Gasteiger partial charge on any atom is -0.488 e. The van der Waals surface area contributed by atoms with Gasteiger partial charge in [-0.05, 0) is 31.9 Å². The fourth-order valence-corrected chi connectivity index (χ4v) is 3.80. The average Bonchev–Trinajstić information content (AvgIpc) is 3.18. The van der Waals surface area contributed by atoms with Crippen LogP contribution in [0.5, 0.6) is 5.75 Å². The maximum atomic E-state index is 6.20. The predicted molar refractivity (Wildman–Crippen MR) is 92.0 cm³/mol. The van der Waals surface area contributed by atoms with E-state index in [2.05, 4.69) is 21.8 Å². The monoisotopic (exact) mass is 327 g/mol. The van der Waals surface area contributed by atoms with Gasteiger partial charge in [0, 0.05) is 31.7 Å². The summed E-state index contributed by atoms with van der Waals surface area (Å²) in [5, 5.41) is 0. The molecule has 0 radical (unpaired) electrons. The third-order valence-electron chi connectivity index (χ3n) is 5.30. The van der Waals surface area contributed by atoms with Crippen LogP contribution in [0.2, 0.25) is 0 Å². The van der Waals surface area contributed by atoms with Crippen LogP contribution in [0.3, 0.4) is 0 Å². The van der Waals surface area contributed by atoms with E-state index in [0.717, 1.165) is 50.3 Å². The third kappa shape index (κ3) is 3.32. The molecule has 2 aliphatic heterocycles. The van der Waals surface area contributed by atoms with Gasteiger partial charge in [-0.1, -0.05) is 18.2 Å². The van der Waals surface area contributed by atoms with Gasteiger partial charge in [0.1, 0.15) is 11.9 Å². The number of benzene rings is 1. The highest BCUT2D eigenvalue weighted by atomic mass is 16.6. The van der Waals surface area contributed by atoms with Crippen LogP contribution < -0.4 is 4.74 Å². The lowest BCUT2D eigenvalue weighted by Crippen LogP contribution is -2.44. The van der Waals surface area contributed by atoms with Gasteiger partial charge in [0.05, 0.1) is 24.2 Å². The van der Waals surface area contributed by atoms with Crippen LogP contribution in [-0.4, -0.2) is 46.3 Å². The van der Waals surface area contributed by atoms with E-state index in [-0.39, 0.29) is 11.7 Å². The molecule has 0 bridgehead atoms. The van der Waals surface area contributed by atoms with Gasteiger partial charge in [0.25, 0.3) is 0 Å². The Hall–Kier alpha value is -1.85. The van der Waals surface area contributed by atoms with E-state index in [0.29, 0.717) is 6.61 Å². The quantitative estimate of drug-likeness (QED) is 0.938. The first-order chi connectivity index (χ1) is 11.7. The van der Waals surface area contributed by atoms with Crippen molar-refractivity contribution in [2.75, 3.05) is 19.7 Å². The first-order valence-corrected chi connectivity index (χ1v) is 8.79. The summed E-state index contributed by atoms with van der Waals surface area (Å²) >= 11 is 0. The third-order valence-corrected chi connectivity index (χ3v) is 5.30. The number of ether oxygens (including phenoxy) is 2. The molecule has 24 heavy (non-hydrogen) atoms. The van der Waals surface area contributed by atoms with Crippen LogP contribution in [0, 0.1) is 6.92 Å². The highest BCUT2D eigenvalue weighted by Crippen LogP contribution is 2.37. The van der Waals surface area contributed by atoms with E-state index in [1.807, 2.05) is 30.3 Å². The van der Waals surface area contributed by atoms with Gasteiger partial charge < -0.3 is 14.5 Å². The van der Waals surface area contributed by atoms with Crippen molar-refractivity contribution in [1.82, 2.24) is 14.9 Å². The second kappa shape index (κ2) is 6.57. The zero-order chi connectivity index (χ0) is 16.4. The fourth-order valence-electron chi connectivity index (χ4n) is 3.80. The molecule has 0 amide bonds. The maximum absolute atomic E-state index is 6.20. The van der Waals surface area contributed by atoms with E-state index < -0.39 is 0 Å². The van der Waals surface area contributed by atoms with Crippen LogP contribution >= 0.6 is 0 Å². The van der Waals surface area contributed by atoms with Crippen LogP contribution in [0.1, 0.15) is 30.7 Å². The number of nitrogens with one attached hydrogen (secondary N) is 1. The SMILES string of the molecule is Cc1[nH]cnc1CN1CCC2(CC1)CC(Oc1ccccc1)CO2. The summed E-state index contributed by atoms with van der Waals surface area (Å²) in [5.74, 6) is 0.939. The average molecular weight is 327 g/mol. The minimum atomic E-state index is 0.0105. The first kappa shape index (κ1) is 15.7. The molecule has 4 rings (SSSR count). The van der Waals surface area contributed by atoms with Crippen molar-refractivity contribution in [1.29, 1.82) is 0 Å². The minimum absolute atomic E-state index is 0.0105. The number of aromatic nitrogens is 2. The number of nitrogens with zero attached hydrogens (tertiary/aromatic N) is 2. The molecule has 5 nitrogen and oxygen atoms in total. The van der Waals surface area contributed by atoms with E-state index in [1.165, 1.54) is 5.69 Å². The normalized spacial score (nSPS) is 23.6. The number of H-pyrrole nitrogens is 1. The topological polar surface area (TPSA) is 50.4 Å². The van der Waals surface area contributed by atoms with Crippen LogP contribution in [0.25, 0.3) is 0 Å². The second-order valence-corrected chi connectivity index (χ2v) is 7.00. The number of hydrogen-bond donors (Lipinski definition) is 1. The molecule has 2 aromatic rings. The van der Waals surface area contributed by atoms with Crippen LogP contribution in [-0.2, 0) is 11.3 Å². The zero-order valence-electron chi connectivity index (χ0n) is 14.2. The lowest BCUT2D eigenvalue weighted by atomic mass is 9.88. The van der Waals surface area contributed by atoms with Crippen molar-refractivity contribution in [2.24, 2.45) is 0 Å². The van der Waals surface area contributed by atoms with E-state index in [4.69, 9.17) is 9.47 Å². The fraction of sp³-hybridized carbons (Fsp3) is 0.526. The van der Waals surface area contributed by atoms with Gasteiger partial charge in [0.15, 0.2) is 0 Å². The van der Waals surface area contributed by atoms with Crippen molar-refractivity contribution < 1.29 is 9.47 Å². The van der Waals surface area contributed by atoms with Crippen LogP contribution in [0.4, 0.5) is 0 Å². The Morgan fingerprint density at radius 1 is 1.29 bits per heavy atom. The molecule has 128 valence electrons. The van der Waals surface area contributed by atoms with Gasteiger partial charge in [-0.2, -0.15) is 0 Å². The maximum Gasteiger partial charge on any atom is 0.125 e. The summed E-state index contributed by atoms with van der Waals surface area (Å²) in [4.78, 5) is 10.0. The molecule has 0 saturated carbocycles. The highest BCUT2D eigenvalue weighted by molar-refractivity contribution is 5.21. The van der Waals surface area contributed by atoms with Gasteiger partial charge in [0.2, 0.25) is 0 Å². The number of piperidine rings is 1. The molecule has 1 aromatic carbocycles. The molecular weight excluding hydrogens is 302 g/mol. The molecule has 5 heteroatoms. The van der Waals surface area contributed by atoms with Crippen molar-refractivity contribution in [3.05, 3.63) is 48.0 Å². The number of aryl methyl sites for hydroxylation is 1. The summed E-state index contributed by atoms with van der Waals surface area (Å²) in [5.41, 5.74) is 2.34. The number of hydrogen-bond acceptors (Lipinski definition) is 4. The number of likely N-dealkylation sites (tertiary alicyclic amines) is 1. The molecular formula is C19H25N3O2. The Morgan fingerprint density at radius 2 is 2.08 bits per heavy atom. The van der Waals surface area contributed by atoms with E-state index in [1.54, 1.807) is 6.33 Å². The van der Waals surface area contributed by atoms with Gasteiger partial charge in [-0.15, -0.1) is 0 Å². The molecule has 2 fully saturated rings. The van der Waals surface area contributed by atoms with E-state index >= 15 is 0 Å². The number of para-hydroxylation sites is 1. The molecule has 3 heterocycles. The Morgan fingerprint density at radius 3 is 2.79 bits per heavy atom. The van der Waals surface area contributed by atoms with Crippen molar-refractivity contribution >= 4 is 0 Å². The molecule has 1 atom stereocenters. The standard InChI is InChI=1S/C19H25N3O2/c1-15-18(21-14-20-15)12-22-9-7-19(8-10-22)11-17(13-23-19)24-16-5-3-2-4-6-16/h2-6,14,17H,7-13H2,1H3,(H,20,21). The van der Waals surface area contributed by atoms with Gasteiger partial charge in [-0.3, -0.25) is 4.90 Å². The Labute approximate surface area is 143 Å². The van der Waals surface area contributed by atoms with E-state index in [9.17, 15) is 0 Å². The van der Waals surface area contributed by atoms with Crippen molar-refractivity contribution in [3.63, 3.8) is 0 Å². The molecule has 1 aromatic heterocycles. The zero-order valence-corrected chi connectivity index (χ0v) is 14.2. The highest BCUT2D eigenvalue weighted by Gasteiger charge is 2.43. The summed E-state index contributed by atoms with van der Waals surface area (Å²) in [6.07, 6.45) is 5.10. The lowest BCUT2D eigenvalue weighted by molar-refractivity contribution is -0.0456.